The maximum Gasteiger partial charge on any atom is 0.495 e. The molecule has 2 aliphatic carbocycles. The summed E-state index contributed by atoms with van der Waals surface area (Å²) < 4.78 is 27.2. The standard InChI is InChI=1S/C21H35BO3Si.C15H23BrOSi/c1-19(2,3)26(8,9)23-18-14-13-15-16(18)11-10-12-17(15)22-24-20(4,5)21(6,7)25-22;1-15(2,3)18(4,5)17-14-10-9-11-12(14)7-6-8-13(11)16/h10-12,18H,13-14H2,1-9H3;6-8,14H,9-10H2,1-5H3/t18-;14-/m00/s1. The first-order valence-electron chi connectivity index (χ1n) is 16.6. The summed E-state index contributed by atoms with van der Waals surface area (Å²) in [5, 5.41) is 0.501. The molecular formula is C36H58BBrO4Si2. The van der Waals surface area contributed by atoms with Gasteiger partial charge in [0, 0.05) is 4.47 Å². The highest BCUT2D eigenvalue weighted by molar-refractivity contribution is 9.10. The zero-order valence-electron chi connectivity index (χ0n) is 30.0. The van der Waals surface area contributed by atoms with E-state index in [1.165, 1.54) is 32.2 Å². The van der Waals surface area contributed by atoms with Crippen LogP contribution in [-0.2, 0) is 31.0 Å². The molecule has 2 aromatic carbocycles. The molecule has 2 atom stereocenters. The molecular weight excluding hydrogens is 643 g/mol. The van der Waals surface area contributed by atoms with E-state index in [4.69, 9.17) is 18.2 Å². The second kappa shape index (κ2) is 12.4. The van der Waals surface area contributed by atoms with E-state index in [0.29, 0.717) is 6.10 Å². The lowest BCUT2D eigenvalue weighted by molar-refractivity contribution is 0.00578. The predicted molar refractivity (Wildman–Crippen MR) is 195 cm³/mol. The summed E-state index contributed by atoms with van der Waals surface area (Å²) in [6, 6.07) is 13.0. The number of hydrogen-bond acceptors (Lipinski definition) is 4. The molecule has 1 fully saturated rings. The molecule has 0 saturated carbocycles. The molecule has 0 unspecified atom stereocenters. The molecule has 0 spiro atoms. The van der Waals surface area contributed by atoms with E-state index in [1.807, 2.05) is 0 Å². The van der Waals surface area contributed by atoms with Crippen molar-refractivity contribution in [2.24, 2.45) is 0 Å². The number of rotatable bonds is 5. The zero-order valence-corrected chi connectivity index (χ0v) is 33.6. The lowest BCUT2D eigenvalue weighted by atomic mass is 9.75. The summed E-state index contributed by atoms with van der Waals surface area (Å²) in [6.45, 7) is 31.6. The van der Waals surface area contributed by atoms with Crippen molar-refractivity contribution in [1.29, 1.82) is 0 Å². The Morgan fingerprint density at radius 3 is 1.57 bits per heavy atom. The summed E-state index contributed by atoms with van der Waals surface area (Å²) >= 11 is 3.65. The quantitative estimate of drug-likeness (QED) is 0.291. The highest BCUT2D eigenvalue weighted by Gasteiger charge is 2.53. The minimum absolute atomic E-state index is 0.202. The molecule has 244 valence electrons. The van der Waals surface area contributed by atoms with Gasteiger partial charge in [0.1, 0.15) is 0 Å². The van der Waals surface area contributed by atoms with Gasteiger partial charge >= 0.3 is 7.12 Å². The van der Waals surface area contributed by atoms with Crippen molar-refractivity contribution in [3.05, 3.63) is 63.1 Å². The number of hydrogen-bond donors (Lipinski definition) is 0. The topological polar surface area (TPSA) is 36.9 Å². The molecule has 0 bridgehead atoms. The van der Waals surface area contributed by atoms with Crippen molar-refractivity contribution in [3.63, 3.8) is 0 Å². The van der Waals surface area contributed by atoms with Gasteiger partial charge in [0.25, 0.3) is 0 Å². The Morgan fingerprint density at radius 2 is 1.11 bits per heavy atom. The third-order valence-electron chi connectivity index (χ3n) is 11.4. The summed E-state index contributed by atoms with van der Waals surface area (Å²) in [7, 11) is -3.76. The number of halogens is 1. The van der Waals surface area contributed by atoms with Gasteiger partial charge in [-0.05, 0) is 123 Å². The van der Waals surface area contributed by atoms with Gasteiger partial charge in [-0.25, -0.2) is 0 Å². The average molecular weight is 702 g/mol. The van der Waals surface area contributed by atoms with Gasteiger partial charge in [0.15, 0.2) is 16.6 Å². The number of benzene rings is 2. The molecule has 0 aromatic heterocycles. The summed E-state index contributed by atoms with van der Waals surface area (Å²) in [5.74, 6) is 0. The van der Waals surface area contributed by atoms with Gasteiger partial charge in [-0.15, -0.1) is 0 Å². The van der Waals surface area contributed by atoms with E-state index in [0.717, 1.165) is 25.7 Å². The van der Waals surface area contributed by atoms with E-state index in [-0.39, 0.29) is 34.5 Å². The molecule has 3 aliphatic rings. The van der Waals surface area contributed by atoms with Crippen molar-refractivity contribution in [1.82, 2.24) is 0 Å². The van der Waals surface area contributed by atoms with Crippen LogP contribution in [0.3, 0.4) is 0 Å². The predicted octanol–water partition coefficient (Wildman–Crippen LogP) is 10.5. The van der Waals surface area contributed by atoms with Crippen molar-refractivity contribution in [2.45, 2.75) is 155 Å². The molecule has 8 heteroatoms. The fourth-order valence-corrected chi connectivity index (χ4v) is 8.92. The molecule has 1 saturated heterocycles. The van der Waals surface area contributed by atoms with E-state index in [2.05, 4.69) is 148 Å². The Balaban J connectivity index is 0.000000215. The Kier molecular flexibility index (Phi) is 10.1. The van der Waals surface area contributed by atoms with Crippen LogP contribution in [0.2, 0.25) is 36.3 Å². The average Bonchev–Trinajstić information content (AvgIpc) is 3.52. The largest absolute Gasteiger partial charge is 0.495 e. The van der Waals surface area contributed by atoms with Crippen molar-refractivity contribution < 1.29 is 18.2 Å². The van der Waals surface area contributed by atoms with Crippen LogP contribution in [-0.4, -0.2) is 35.0 Å². The van der Waals surface area contributed by atoms with Gasteiger partial charge < -0.3 is 18.2 Å². The minimum atomic E-state index is -1.80. The Hall–Kier alpha value is -0.741. The first-order chi connectivity index (χ1) is 20.0. The van der Waals surface area contributed by atoms with Crippen LogP contribution >= 0.6 is 15.9 Å². The van der Waals surface area contributed by atoms with Crippen molar-refractivity contribution >= 4 is 45.1 Å². The molecule has 1 aliphatic heterocycles. The molecule has 44 heavy (non-hydrogen) atoms. The van der Waals surface area contributed by atoms with Gasteiger partial charge in [-0.2, -0.15) is 0 Å². The Morgan fingerprint density at radius 1 is 0.705 bits per heavy atom. The van der Waals surface area contributed by atoms with Crippen LogP contribution in [0.15, 0.2) is 40.9 Å². The Bertz CT molecular complexity index is 1330. The first-order valence-corrected chi connectivity index (χ1v) is 23.2. The van der Waals surface area contributed by atoms with Gasteiger partial charge in [-0.1, -0.05) is 87.8 Å². The molecule has 0 amide bonds. The SMILES string of the molecule is CC(C)(C)[Si](C)(C)O[C@H]1CCc2c(Br)cccc21.CC1(C)OB(c2cccc3c2CC[C@@H]3O[Si](C)(C)C(C)(C)C)OC1(C)C. The van der Waals surface area contributed by atoms with Crippen LogP contribution in [0.4, 0.5) is 0 Å². The van der Waals surface area contributed by atoms with Gasteiger partial charge in [0.2, 0.25) is 0 Å². The van der Waals surface area contributed by atoms with Crippen molar-refractivity contribution in [3.8, 4) is 0 Å². The van der Waals surface area contributed by atoms with E-state index in [9.17, 15) is 0 Å². The second-order valence-corrected chi connectivity index (χ2v) is 27.5. The highest BCUT2D eigenvalue weighted by Crippen LogP contribution is 2.46. The maximum absolute atomic E-state index is 6.75. The van der Waals surface area contributed by atoms with Gasteiger partial charge in [0.05, 0.1) is 23.4 Å². The zero-order chi connectivity index (χ0) is 33.1. The molecule has 0 radical (unpaired) electrons. The van der Waals surface area contributed by atoms with Crippen LogP contribution in [0.5, 0.6) is 0 Å². The highest BCUT2D eigenvalue weighted by atomic mass is 79.9. The summed E-state index contributed by atoms with van der Waals surface area (Å²) in [5.41, 5.74) is 6.11. The van der Waals surface area contributed by atoms with Crippen LogP contribution in [0, 0.1) is 0 Å². The first kappa shape index (κ1) is 36.1. The van der Waals surface area contributed by atoms with Crippen LogP contribution in [0.1, 0.15) is 117 Å². The lowest BCUT2D eigenvalue weighted by Crippen LogP contribution is -2.41. The normalized spacial score (nSPS) is 22.8. The van der Waals surface area contributed by atoms with Crippen LogP contribution in [0.25, 0.3) is 0 Å². The second-order valence-electron chi connectivity index (χ2n) is 17.1. The lowest BCUT2D eigenvalue weighted by Gasteiger charge is -2.38. The monoisotopic (exact) mass is 700 g/mol. The third-order valence-corrected chi connectivity index (χ3v) is 21.1. The summed E-state index contributed by atoms with van der Waals surface area (Å²) in [4.78, 5) is 0. The molecule has 0 N–H and O–H groups in total. The Labute approximate surface area is 279 Å². The van der Waals surface area contributed by atoms with E-state index < -0.39 is 16.6 Å². The van der Waals surface area contributed by atoms with Crippen molar-refractivity contribution in [2.75, 3.05) is 0 Å². The minimum Gasteiger partial charge on any atom is -0.410 e. The maximum atomic E-state index is 6.75. The van der Waals surface area contributed by atoms with Gasteiger partial charge in [-0.3, -0.25) is 0 Å². The molecule has 5 rings (SSSR count). The molecule has 2 aromatic rings. The molecule has 1 heterocycles. The van der Waals surface area contributed by atoms with E-state index >= 15 is 0 Å². The number of fused-ring (bicyclic) bond motifs is 2. The third kappa shape index (κ3) is 7.22. The van der Waals surface area contributed by atoms with E-state index in [1.54, 1.807) is 0 Å². The molecule has 4 nitrogen and oxygen atoms in total. The smallest absolute Gasteiger partial charge is 0.410 e. The van der Waals surface area contributed by atoms with Crippen LogP contribution < -0.4 is 5.46 Å². The fraction of sp³-hybridized carbons (Fsp3) is 0.667. The summed E-state index contributed by atoms with van der Waals surface area (Å²) in [6.07, 6.45) is 4.86. The fourth-order valence-electron chi connectivity index (χ4n) is 5.72.